The van der Waals surface area contributed by atoms with Gasteiger partial charge in [-0.15, -0.1) is 10.2 Å². The number of nitrogens with one attached hydrogen (secondary N) is 1. The fourth-order valence-corrected chi connectivity index (χ4v) is 11.2. The molecule has 0 bridgehead atoms. The van der Waals surface area contributed by atoms with Gasteiger partial charge in [0.25, 0.3) is 5.91 Å². The number of phenols is 2. The molecule has 3 fully saturated rings. The number of ether oxygens (including phenoxy) is 1. The Balaban J connectivity index is 0.824. The highest BCUT2D eigenvalue weighted by molar-refractivity contribution is 5.92. The summed E-state index contributed by atoms with van der Waals surface area (Å²) in [7, 11) is 2.21. The molecule has 3 saturated heterocycles. The molecule has 9 rings (SSSR count). The van der Waals surface area contributed by atoms with Crippen LogP contribution in [-0.2, 0) is 24.3 Å². The number of aromatic hydroxyl groups is 2. The smallest absolute Gasteiger partial charge is 0.318 e. The first kappa shape index (κ1) is 51.8. The lowest BCUT2D eigenvalue weighted by atomic mass is 9.98. The molecule has 3 atom stereocenters. The lowest BCUT2D eigenvalue weighted by molar-refractivity contribution is -0.128. The second-order valence-corrected chi connectivity index (χ2v) is 20.6. The van der Waals surface area contributed by atoms with Crippen molar-refractivity contribution in [1.29, 1.82) is 5.26 Å². The topological polar surface area (TPSA) is 196 Å². The van der Waals surface area contributed by atoms with E-state index in [-0.39, 0.29) is 53.6 Å². The van der Waals surface area contributed by atoms with E-state index in [0.717, 1.165) is 87.7 Å². The van der Waals surface area contributed by atoms with Crippen LogP contribution >= 0.6 is 0 Å². The molecule has 18 heteroatoms. The summed E-state index contributed by atoms with van der Waals surface area (Å²) in [5, 5.41) is 42.7. The zero-order valence-corrected chi connectivity index (χ0v) is 43.8. The third-order valence-corrected chi connectivity index (χ3v) is 15.6. The van der Waals surface area contributed by atoms with Crippen LogP contribution in [0.4, 0.5) is 11.5 Å². The van der Waals surface area contributed by atoms with E-state index in [1.165, 1.54) is 29.0 Å². The Bertz CT molecular complexity index is 2890. The number of hydrogen-bond acceptors (Lipinski definition) is 15. The minimum atomic E-state index is -0.377. The van der Waals surface area contributed by atoms with Crippen LogP contribution in [0.5, 0.6) is 17.5 Å². The van der Waals surface area contributed by atoms with Crippen LogP contribution in [-0.4, -0.2) is 164 Å². The highest BCUT2D eigenvalue weighted by Crippen LogP contribution is 2.39. The molecule has 74 heavy (non-hydrogen) atoms. The lowest BCUT2D eigenvalue weighted by Gasteiger charge is -2.42. The number of nitrogens with zero attached hydrogens (tertiary/aromatic N) is 12. The molecule has 5 aromatic rings. The molecular weight excluding hydrogens is 935 g/mol. The molecule has 3 aromatic carbocycles. The normalized spacial score (nSPS) is 19.6. The Hall–Kier alpha value is -7.07. The van der Waals surface area contributed by atoms with Crippen LogP contribution in [0.25, 0.3) is 17.1 Å². The van der Waals surface area contributed by atoms with Gasteiger partial charge in [-0.05, 0) is 106 Å². The van der Waals surface area contributed by atoms with Gasteiger partial charge in [0, 0.05) is 107 Å². The van der Waals surface area contributed by atoms with Crippen LogP contribution in [0.3, 0.4) is 0 Å². The molecule has 0 unspecified atom stereocenters. The summed E-state index contributed by atoms with van der Waals surface area (Å²) >= 11 is 0. The second-order valence-electron chi connectivity index (χ2n) is 20.6. The molecular formula is C56H71N13O5. The molecule has 6 heterocycles. The predicted molar refractivity (Wildman–Crippen MR) is 285 cm³/mol. The number of likely N-dealkylation sites (N-methyl/N-ethyl adjacent to an activating group) is 1. The Morgan fingerprint density at radius 1 is 0.919 bits per heavy atom. The van der Waals surface area contributed by atoms with Crippen LogP contribution in [0.2, 0.25) is 0 Å². The molecule has 0 aliphatic carbocycles. The summed E-state index contributed by atoms with van der Waals surface area (Å²) in [6, 6.07) is 20.5. The zero-order chi connectivity index (χ0) is 52.2. The standard InChI is InChI=1S/C56H71N13O5/c1-8-51(72)68-28-27-67(33-42(68)19-21-57)52-44-20-22-66(48-12-10-11-37(5)38(48)6)34-47(44)59-56(60-52)74-35-43-18-17-41(63(43)7)32-65-25-23-64(24-26-65)31-39-13-15-40(16-14-39)69-53(61-62-54(69)55(73)58-9-2)46-29-45(36(3)4)49(70)30-50(46)71/h8,10-16,29-30,36,41-43,70-71H,1,9,17-20,22-28,31-35H2,2-7H3,(H,58,73)/t41-,42+,43+/m1/s1. The first-order valence-electron chi connectivity index (χ1n) is 26.2. The Morgan fingerprint density at radius 2 is 1.68 bits per heavy atom. The number of carbonyl (C=O) groups excluding carboxylic acids is 2. The van der Waals surface area contributed by atoms with Gasteiger partial charge >= 0.3 is 6.01 Å². The average molecular weight is 1010 g/mol. The molecule has 0 spiro atoms. The first-order valence-corrected chi connectivity index (χ1v) is 26.2. The van der Waals surface area contributed by atoms with Crippen molar-refractivity contribution >= 4 is 23.3 Å². The fraction of sp³-hybridized carbons (Fsp3) is 0.482. The number of nitriles is 1. The molecule has 0 radical (unpaired) electrons. The van der Waals surface area contributed by atoms with E-state index in [4.69, 9.17) is 14.7 Å². The van der Waals surface area contributed by atoms with Gasteiger partial charge in [-0.1, -0.05) is 44.7 Å². The number of aryl methyl sites for hydroxylation is 1. The van der Waals surface area contributed by atoms with Gasteiger partial charge in [0.15, 0.2) is 5.82 Å². The van der Waals surface area contributed by atoms with Gasteiger partial charge in [-0.25, -0.2) is 0 Å². The maximum atomic E-state index is 13.2. The van der Waals surface area contributed by atoms with Crippen molar-refractivity contribution in [2.45, 2.75) is 97.4 Å². The SMILES string of the molecule is C=CC(=O)N1CCN(c2nc(OC[C@@H]3CC[C@H](CN4CCN(Cc5ccc(-n6c(C(=O)NCC)nnc6-c6cc(C(C)C)c(O)cc6O)cc5)CC4)N3C)nc3c2CCN(c2cccc(C)c2C)C3)C[C@@H]1CC#N. The number of piperazine rings is 2. The minimum absolute atomic E-state index is 0.00242. The number of amides is 2. The number of carbonyl (C=O) groups is 2. The lowest BCUT2D eigenvalue weighted by Crippen LogP contribution is -2.55. The third kappa shape index (κ3) is 10.9. The third-order valence-electron chi connectivity index (χ3n) is 15.6. The monoisotopic (exact) mass is 1010 g/mol. The van der Waals surface area contributed by atoms with Crippen LogP contribution in [0.1, 0.15) is 90.1 Å². The molecule has 4 aliphatic heterocycles. The Morgan fingerprint density at radius 3 is 2.41 bits per heavy atom. The zero-order valence-electron chi connectivity index (χ0n) is 43.8. The number of benzene rings is 3. The number of rotatable bonds is 16. The summed E-state index contributed by atoms with van der Waals surface area (Å²) < 4.78 is 8.26. The van der Waals surface area contributed by atoms with Gasteiger partial charge in [-0.2, -0.15) is 15.2 Å². The highest BCUT2D eigenvalue weighted by atomic mass is 16.5. The molecule has 2 aromatic heterocycles. The molecule has 390 valence electrons. The number of anilines is 2. The van der Waals surface area contributed by atoms with E-state index in [1.54, 1.807) is 15.5 Å². The van der Waals surface area contributed by atoms with E-state index in [1.807, 2.05) is 32.9 Å². The Kier molecular flexibility index (Phi) is 15.8. The quantitative estimate of drug-likeness (QED) is 0.0979. The predicted octanol–water partition coefficient (Wildman–Crippen LogP) is 5.96. The summed E-state index contributed by atoms with van der Waals surface area (Å²) in [5.41, 5.74) is 8.64. The van der Waals surface area contributed by atoms with Gasteiger partial charge in [0.05, 0.1) is 36.3 Å². The van der Waals surface area contributed by atoms with Crippen molar-refractivity contribution in [2.24, 2.45) is 0 Å². The maximum absolute atomic E-state index is 13.2. The fourth-order valence-electron chi connectivity index (χ4n) is 11.2. The van der Waals surface area contributed by atoms with Crippen LogP contribution in [0.15, 0.2) is 67.3 Å². The maximum Gasteiger partial charge on any atom is 0.318 e. The van der Waals surface area contributed by atoms with Gasteiger partial charge in [0.2, 0.25) is 11.7 Å². The van der Waals surface area contributed by atoms with E-state index >= 15 is 0 Å². The van der Waals surface area contributed by atoms with Gasteiger partial charge in [0.1, 0.15) is 23.9 Å². The largest absolute Gasteiger partial charge is 0.508 e. The number of aromatic nitrogens is 5. The van der Waals surface area contributed by atoms with E-state index in [9.17, 15) is 25.1 Å². The minimum Gasteiger partial charge on any atom is -0.508 e. The van der Waals surface area contributed by atoms with Crippen molar-refractivity contribution in [2.75, 3.05) is 88.9 Å². The van der Waals surface area contributed by atoms with Crippen molar-refractivity contribution in [3.8, 4) is 40.7 Å². The number of fused-ring (bicyclic) bond motifs is 1. The molecule has 4 aliphatic rings. The van der Waals surface area contributed by atoms with Crippen molar-refractivity contribution in [3.05, 3.63) is 107 Å². The van der Waals surface area contributed by atoms with Crippen LogP contribution < -0.4 is 19.9 Å². The van der Waals surface area contributed by atoms with Crippen LogP contribution in [0, 0.1) is 25.2 Å². The number of hydrogen-bond donors (Lipinski definition) is 3. The van der Waals surface area contributed by atoms with Crippen molar-refractivity contribution < 1.29 is 24.5 Å². The molecule has 18 nitrogen and oxygen atoms in total. The molecule has 3 N–H and O–H groups in total. The second kappa shape index (κ2) is 22.6. The molecule has 2 amide bonds. The van der Waals surface area contributed by atoms with E-state index < -0.39 is 0 Å². The highest BCUT2D eigenvalue weighted by Gasteiger charge is 2.36. The summed E-state index contributed by atoms with van der Waals surface area (Å²) in [4.78, 5) is 50.1. The number of likely N-dealkylation sites (tertiary alicyclic amines) is 1. The Labute approximate surface area is 434 Å². The average Bonchev–Trinajstić information content (AvgIpc) is 4.00. The first-order chi connectivity index (χ1) is 35.7. The van der Waals surface area contributed by atoms with Crippen molar-refractivity contribution in [1.82, 2.24) is 49.6 Å². The van der Waals surface area contributed by atoms with Gasteiger partial charge in [-0.3, -0.25) is 28.9 Å². The number of phenolic OH excluding ortho intramolecular Hbond substituents is 2. The summed E-state index contributed by atoms with van der Waals surface area (Å²) in [5.74, 6) is 0.548. The van der Waals surface area contributed by atoms with E-state index in [2.05, 4.69) is 104 Å². The van der Waals surface area contributed by atoms with Gasteiger partial charge < -0.3 is 35.0 Å². The van der Waals surface area contributed by atoms with E-state index in [0.29, 0.717) is 74.0 Å². The summed E-state index contributed by atoms with van der Waals surface area (Å²) in [6.45, 7) is 23.3. The molecule has 0 saturated carbocycles. The van der Waals surface area contributed by atoms with Crippen molar-refractivity contribution in [3.63, 3.8) is 0 Å². The summed E-state index contributed by atoms with van der Waals surface area (Å²) in [6.07, 6.45) is 4.42.